The van der Waals surface area contributed by atoms with Crippen LogP contribution in [0.2, 0.25) is 5.02 Å². The zero-order valence-corrected chi connectivity index (χ0v) is 22.9. The van der Waals surface area contributed by atoms with E-state index in [2.05, 4.69) is 11.4 Å². The minimum absolute atomic E-state index is 0.239. The quantitative estimate of drug-likeness (QED) is 0.372. The van der Waals surface area contributed by atoms with Gasteiger partial charge in [-0.25, -0.2) is 4.79 Å². The number of nitrogens with zero attached hydrogens (tertiary/aromatic N) is 2. The number of benzene rings is 2. The molecule has 0 spiro atoms. The van der Waals surface area contributed by atoms with Gasteiger partial charge in [-0.15, -0.1) is 0 Å². The van der Waals surface area contributed by atoms with Crippen LogP contribution in [0.25, 0.3) is 11.1 Å². The lowest BCUT2D eigenvalue weighted by atomic mass is 10.0. The number of ether oxygens (including phenoxy) is 2. The number of nitriles is 1. The number of pyridine rings is 1. The van der Waals surface area contributed by atoms with Gasteiger partial charge in [-0.2, -0.15) is 5.26 Å². The van der Waals surface area contributed by atoms with Crippen molar-refractivity contribution in [2.75, 3.05) is 5.32 Å². The second-order valence-corrected chi connectivity index (χ2v) is 10.4. The predicted octanol–water partition coefficient (Wildman–Crippen LogP) is 5.98. The highest BCUT2D eigenvalue weighted by Crippen LogP contribution is 2.34. The van der Waals surface area contributed by atoms with E-state index in [-0.39, 0.29) is 6.10 Å². The molecule has 0 bridgehead atoms. The molecular formula is C29H30ClN3O5. The zero-order chi connectivity index (χ0) is 28.2. The number of rotatable bonds is 7. The van der Waals surface area contributed by atoms with Gasteiger partial charge in [0.25, 0.3) is 5.56 Å². The lowest BCUT2D eigenvalue weighted by Gasteiger charge is -2.21. The van der Waals surface area contributed by atoms with Crippen molar-refractivity contribution >= 4 is 29.2 Å². The van der Waals surface area contributed by atoms with Gasteiger partial charge < -0.3 is 14.8 Å². The maximum atomic E-state index is 13.1. The van der Waals surface area contributed by atoms with E-state index in [9.17, 15) is 19.6 Å². The van der Waals surface area contributed by atoms with Crippen molar-refractivity contribution < 1.29 is 19.1 Å². The number of carbonyl (C=O) groups is 2. The van der Waals surface area contributed by atoms with Crippen molar-refractivity contribution in [3.63, 3.8) is 0 Å². The molecule has 0 radical (unpaired) electrons. The number of aromatic nitrogens is 1. The van der Waals surface area contributed by atoms with Crippen LogP contribution in [-0.2, 0) is 9.53 Å². The highest BCUT2D eigenvalue weighted by molar-refractivity contribution is 6.31. The van der Waals surface area contributed by atoms with Gasteiger partial charge in [0, 0.05) is 27.9 Å². The number of hydrogen-bond donors (Lipinski definition) is 1. The highest BCUT2D eigenvalue weighted by Gasteiger charge is 2.22. The third-order valence-corrected chi connectivity index (χ3v) is 5.62. The first-order valence-electron chi connectivity index (χ1n) is 12.1. The monoisotopic (exact) mass is 535 g/mol. The second-order valence-electron chi connectivity index (χ2n) is 10.0. The molecule has 1 atom stereocenters. The maximum Gasteiger partial charge on any atom is 0.338 e. The first kappa shape index (κ1) is 28.5. The standard InChI is InChI=1S/C29H30ClN3O5/c1-17(2)37-25-16-33(26(34)14-24(25)23-13-21(30)10-7-20(23)15-31)18(3)27(35)32-22-11-8-19(9-12-22)28(36)38-29(4,5)6/h7-14,16-18H,1-6H3,(H,32,35). The summed E-state index contributed by atoms with van der Waals surface area (Å²) in [5.41, 5.74) is 0.930. The lowest BCUT2D eigenvalue weighted by molar-refractivity contribution is -0.118. The molecule has 0 saturated heterocycles. The van der Waals surface area contributed by atoms with Crippen LogP contribution in [0.5, 0.6) is 5.75 Å². The van der Waals surface area contributed by atoms with Crippen LogP contribution in [0.4, 0.5) is 5.69 Å². The van der Waals surface area contributed by atoms with Crippen molar-refractivity contribution in [2.24, 2.45) is 0 Å². The molecule has 1 aromatic heterocycles. The molecular weight excluding hydrogens is 506 g/mol. The van der Waals surface area contributed by atoms with E-state index < -0.39 is 29.1 Å². The predicted molar refractivity (Wildman–Crippen MR) is 147 cm³/mol. The molecule has 1 unspecified atom stereocenters. The van der Waals surface area contributed by atoms with Crippen LogP contribution in [0, 0.1) is 11.3 Å². The Balaban J connectivity index is 1.90. The highest BCUT2D eigenvalue weighted by atomic mass is 35.5. The SMILES string of the molecule is CC(C)Oc1cn(C(C)C(=O)Nc2ccc(C(=O)OC(C)(C)C)cc2)c(=O)cc1-c1cc(Cl)ccc1C#N. The molecule has 0 aliphatic heterocycles. The van der Waals surface area contributed by atoms with E-state index in [4.69, 9.17) is 21.1 Å². The second kappa shape index (κ2) is 11.5. The summed E-state index contributed by atoms with van der Waals surface area (Å²) in [6, 6.07) is 13.6. The minimum Gasteiger partial charge on any atom is -0.489 e. The molecule has 2 aromatic carbocycles. The summed E-state index contributed by atoms with van der Waals surface area (Å²) in [6.07, 6.45) is 1.23. The Bertz CT molecular complexity index is 1450. The molecule has 0 saturated carbocycles. The number of carbonyl (C=O) groups excluding carboxylic acids is 2. The first-order chi connectivity index (χ1) is 17.8. The topological polar surface area (TPSA) is 110 Å². The Morgan fingerprint density at radius 1 is 1.03 bits per heavy atom. The van der Waals surface area contributed by atoms with Crippen LogP contribution in [-0.4, -0.2) is 28.1 Å². The van der Waals surface area contributed by atoms with Gasteiger partial charge in [0.1, 0.15) is 17.4 Å². The van der Waals surface area contributed by atoms with Crippen LogP contribution >= 0.6 is 11.6 Å². The van der Waals surface area contributed by atoms with E-state index >= 15 is 0 Å². The number of halogens is 1. The Labute approximate surface area is 226 Å². The van der Waals surface area contributed by atoms with Gasteiger partial charge in [0.05, 0.1) is 29.5 Å². The lowest BCUT2D eigenvalue weighted by Crippen LogP contribution is -2.31. The molecule has 0 aliphatic rings. The number of amides is 1. The molecule has 3 rings (SSSR count). The third-order valence-electron chi connectivity index (χ3n) is 5.38. The summed E-state index contributed by atoms with van der Waals surface area (Å²) in [5.74, 6) is -0.576. The maximum absolute atomic E-state index is 13.1. The van der Waals surface area contributed by atoms with Gasteiger partial charge >= 0.3 is 5.97 Å². The van der Waals surface area contributed by atoms with Crippen molar-refractivity contribution in [1.29, 1.82) is 5.26 Å². The molecule has 198 valence electrons. The molecule has 0 aliphatic carbocycles. The fourth-order valence-electron chi connectivity index (χ4n) is 3.63. The summed E-state index contributed by atoms with van der Waals surface area (Å²) >= 11 is 6.16. The summed E-state index contributed by atoms with van der Waals surface area (Å²) in [7, 11) is 0. The normalized spacial score (nSPS) is 12.0. The first-order valence-corrected chi connectivity index (χ1v) is 12.4. The van der Waals surface area contributed by atoms with Gasteiger partial charge in [0.2, 0.25) is 5.91 Å². The van der Waals surface area contributed by atoms with E-state index in [1.54, 1.807) is 70.2 Å². The van der Waals surface area contributed by atoms with E-state index in [1.165, 1.54) is 16.8 Å². The number of esters is 1. The molecule has 1 N–H and O–H groups in total. The Morgan fingerprint density at radius 2 is 1.68 bits per heavy atom. The Morgan fingerprint density at radius 3 is 2.26 bits per heavy atom. The fraction of sp³-hybridized carbons (Fsp3) is 0.310. The molecule has 38 heavy (non-hydrogen) atoms. The van der Waals surface area contributed by atoms with Crippen LogP contribution < -0.4 is 15.6 Å². The number of anilines is 1. The zero-order valence-electron chi connectivity index (χ0n) is 22.2. The van der Waals surface area contributed by atoms with Crippen LogP contribution in [0.3, 0.4) is 0 Å². The van der Waals surface area contributed by atoms with Crippen molar-refractivity contribution in [3.05, 3.63) is 81.2 Å². The van der Waals surface area contributed by atoms with E-state index in [0.717, 1.165) is 0 Å². The summed E-state index contributed by atoms with van der Waals surface area (Å²) in [5, 5.41) is 12.7. The van der Waals surface area contributed by atoms with Gasteiger partial charge in [0.15, 0.2) is 0 Å². The van der Waals surface area contributed by atoms with Crippen LogP contribution in [0.15, 0.2) is 59.5 Å². The third kappa shape index (κ3) is 7.02. The average molecular weight is 536 g/mol. The summed E-state index contributed by atoms with van der Waals surface area (Å²) < 4.78 is 12.6. The number of hydrogen-bond acceptors (Lipinski definition) is 6. The Kier molecular flexibility index (Phi) is 8.64. The van der Waals surface area contributed by atoms with Gasteiger partial charge in [-0.1, -0.05) is 11.6 Å². The van der Waals surface area contributed by atoms with Crippen molar-refractivity contribution in [3.8, 4) is 22.9 Å². The van der Waals surface area contributed by atoms with E-state index in [1.807, 2.05) is 13.8 Å². The minimum atomic E-state index is -0.897. The molecule has 8 nitrogen and oxygen atoms in total. The molecule has 9 heteroatoms. The average Bonchev–Trinajstić information content (AvgIpc) is 2.83. The van der Waals surface area contributed by atoms with E-state index in [0.29, 0.717) is 38.7 Å². The molecule has 3 aromatic rings. The van der Waals surface area contributed by atoms with Crippen molar-refractivity contribution in [2.45, 2.75) is 59.3 Å². The van der Waals surface area contributed by atoms with Crippen molar-refractivity contribution in [1.82, 2.24) is 4.57 Å². The number of nitrogens with one attached hydrogen (secondary N) is 1. The molecule has 1 amide bonds. The van der Waals surface area contributed by atoms with Gasteiger partial charge in [-0.05, 0) is 84.0 Å². The van der Waals surface area contributed by atoms with Crippen LogP contribution in [0.1, 0.15) is 63.5 Å². The Hall–Kier alpha value is -4.09. The largest absolute Gasteiger partial charge is 0.489 e. The summed E-state index contributed by atoms with van der Waals surface area (Å²) in [6.45, 7) is 10.6. The fourth-order valence-corrected chi connectivity index (χ4v) is 3.80. The van der Waals surface area contributed by atoms with Gasteiger partial charge in [-0.3, -0.25) is 14.2 Å². The molecule has 1 heterocycles. The summed E-state index contributed by atoms with van der Waals surface area (Å²) in [4.78, 5) is 38.4. The molecule has 0 fully saturated rings. The smallest absolute Gasteiger partial charge is 0.338 e.